The molecule has 0 radical (unpaired) electrons. The molecule has 0 saturated heterocycles. The molecule has 0 aliphatic heterocycles. The van der Waals surface area contributed by atoms with Gasteiger partial charge in [-0.3, -0.25) is 0 Å². The predicted octanol–water partition coefficient (Wildman–Crippen LogP) is 2.55. The third-order valence-electron chi connectivity index (χ3n) is 1.26. The SMILES string of the molecule is Oc1ccc(C(F)(F)F)c(F)c1. The van der Waals surface area contributed by atoms with Crippen LogP contribution in [0.2, 0.25) is 0 Å². The summed E-state index contributed by atoms with van der Waals surface area (Å²) in [6, 6.07) is 1.69. The van der Waals surface area contributed by atoms with E-state index in [9.17, 15) is 17.6 Å². The summed E-state index contributed by atoms with van der Waals surface area (Å²) in [5.74, 6) is -2.00. The van der Waals surface area contributed by atoms with Crippen LogP contribution in [0.3, 0.4) is 0 Å². The summed E-state index contributed by atoms with van der Waals surface area (Å²) in [7, 11) is 0. The minimum atomic E-state index is -4.71. The summed E-state index contributed by atoms with van der Waals surface area (Å²) in [5, 5.41) is 8.60. The number of alkyl halides is 3. The lowest BCUT2D eigenvalue weighted by atomic mass is 10.2. The molecule has 1 aromatic rings. The van der Waals surface area contributed by atoms with Crippen molar-refractivity contribution in [3.63, 3.8) is 0 Å². The second kappa shape index (κ2) is 2.66. The first-order valence-corrected chi connectivity index (χ1v) is 2.97. The van der Waals surface area contributed by atoms with Gasteiger partial charge in [0.15, 0.2) is 0 Å². The van der Waals surface area contributed by atoms with Crippen molar-refractivity contribution in [3.8, 4) is 5.75 Å². The molecule has 12 heavy (non-hydrogen) atoms. The lowest BCUT2D eigenvalue weighted by Crippen LogP contribution is -2.07. The maximum Gasteiger partial charge on any atom is 0.419 e. The molecule has 1 aromatic carbocycles. The molecule has 0 fully saturated rings. The Hall–Kier alpha value is -1.26. The van der Waals surface area contributed by atoms with E-state index in [4.69, 9.17) is 5.11 Å². The maximum atomic E-state index is 12.5. The van der Waals surface area contributed by atoms with Gasteiger partial charge in [0.25, 0.3) is 0 Å². The Morgan fingerprint density at radius 1 is 1.17 bits per heavy atom. The van der Waals surface area contributed by atoms with Crippen LogP contribution < -0.4 is 0 Å². The van der Waals surface area contributed by atoms with Gasteiger partial charge < -0.3 is 5.11 Å². The Kier molecular flexibility index (Phi) is 1.95. The van der Waals surface area contributed by atoms with Crippen molar-refractivity contribution in [1.82, 2.24) is 0 Å². The molecule has 0 unspecified atom stereocenters. The molecule has 1 N–H and O–H groups in total. The Bertz CT molecular complexity index is 292. The molecule has 0 aliphatic rings. The highest BCUT2D eigenvalue weighted by Gasteiger charge is 2.33. The third kappa shape index (κ3) is 1.66. The first-order chi connectivity index (χ1) is 5.41. The van der Waals surface area contributed by atoms with Crippen LogP contribution in [0.15, 0.2) is 18.2 Å². The van der Waals surface area contributed by atoms with E-state index >= 15 is 0 Å². The number of phenolic OH excluding ortho intramolecular Hbond substituents is 1. The molecule has 0 atom stereocenters. The Balaban J connectivity index is 3.19. The van der Waals surface area contributed by atoms with E-state index in [1.54, 1.807) is 0 Å². The van der Waals surface area contributed by atoms with Crippen molar-refractivity contribution in [2.75, 3.05) is 0 Å². The van der Waals surface area contributed by atoms with Crippen molar-refractivity contribution in [2.45, 2.75) is 6.18 Å². The first kappa shape index (κ1) is 8.83. The summed E-state index contributed by atoms with van der Waals surface area (Å²) in [6.07, 6.45) is -4.71. The highest BCUT2D eigenvalue weighted by atomic mass is 19.4. The van der Waals surface area contributed by atoms with Crippen molar-refractivity contribution >= 4 is 0 Å². The average Bonchev–Trinajstić information content (AvgIpc) is 1.83. The van der Waals surface area contributed by atoms with Gasteiger partial charge in [-0.2, -0.15) is 13.2 Å². The molecule has 0 aliphatic carbocycles. The van der Waals surface area contributed by atoms with Crippen LogP contribution in [0.1, 0.15) is 5.56 Å². The van der Waals surface area contributed by atoms with Gasteiger partial charge in [0.2, 0.25) is 0 Å². The number of aromatic hydroxyl groups is 1. The molecule has 0 heterocycles. The lowest BCUT2D eigenvalue weighted by molar-refractivity contribution is -0.140. The molecular weight excluding hydrogens is 176 g/mol. The fourth-order valence-electron chi connectivity index (χ4n) is 0.734. The number of phenols is 1. The zero-order chi connectivity index (χ0) is 9.35. The molecular formula is C7H4F4O. The topological polar surface area (TPSA) is 20.2 Å². The van der Waals surface area contributed by atoms with Crippen molar-refractivity contribution in [1.29, 1.82) is 0 Å². The van der Waals surface area contributed by atoms with E-state index in [0.717, 1.165) is 6.07 Å². The van der Waals surface area contributed by atoms with Gasteiger partial charge >= 0.3 is 6.18 Å². The molecule has 0 spiro atoms. The van der Waals surface area contributed by atoms with E-state index in [-0.39, 0.29) is 0 Å². The first-order valence-electron chi connectivity index (χ1n) is 2.97. The summed E-state index contributed by atoms with van der Waals surface area (Å²) in [4.78, 5) is 0. The minimum Gasteiger partial charge on any atom is -0.508 e. The Morgan fingerprint density at radius 3 is 2.17 bits per heavy atom. The molecule has 0 aromatic heterocycles. The molecule has 0 bridgehead atoms. The summed E-state index contributed by atoms with van der Waals surface area (Å²) in [5.41, 5.74) is -1.37. The fraction of sp³-hybridized carbons (Fsp3) is 0.143. The number of hydrogen-bond donors (Lipinski definition) is 1. The van der Waals surface area contributed by atoms with Gasteiger partial charge in [0.05, 0.1) is 5.56 Å². The van der Waals surface area contributed by atoms with Crippen molar-refractivity contribution in [2.24, 2.45) is 0 Å². The third-order valence-corrected chi connectivity index (χ3v) is 1.26. The van der Waals surface area contributed by atoms with Gasteiger partial charge in [-0.15, -0.1) is 0 Å². The normalized spacial score (nSPS) is 11.7. The Morgan fingerprint density at radius 2 is 1.75 bits per heavy atom. The predicted molar refractivity (Wildman–Crippen MR) is 33.1 cm³/mol. The minimum absolute atomic E-state index is 0.419. The van der Waals surface area contributed by atoms with Crippen LogP contribution in [0.25, 0.3) is 0 Å². The summed E-state index contributed by atoms with van der Waals surface area (Å²) >= 11 is 0. The van der Waals surface area contributed by atoms with Crippen LogP contribution in [-0.2, 0) is 6.18 Å². The summed E-state index contributed by atoms with van der Waals surface area (Å²) < 4.78 is 48.0. The highest BCUT2D eigenvalue weighted by Crippen LogP contribution is 2.32. The van der Waals surface area contributed by atoms with Gasteiger partial charge in [-0.25, -0.2) is 4.39 Å². The number of benzene rings is 1. The zero-order valence-corrected chi connectivity index (χ0v) is 5.69. The largest absolute Gasteiger partial charge is 0.508 e. The second-order valence-corrected chi connectivity index (χ2v) is 2.16. The van der Waals surface area contributed by atoms with Crippen LogP contribution in [0.4, 0.5) is 17.6 Å². The van der Waals surface area contributed by atoms with Crippen molar-refractivity contribution in [3.05, 3.63) is 29.6 Å². The highest BCUT2D eigenvalue weighted by molar-refractivity contribution is 5.29. The van der Waals surface area contributed by atoms with E-state index in [1.165, 1.54) is 0 Å². The quantitative estimate of drug-likeness (QED) is 0.608. The van der Waals surface area contributed by atoms with Crippen LogP contribution in [-0.4, -0.2) is 5.11 Å². The zero-order valence-electron chi connectivity index (χ0n) is 5.69. The molecule has 1 rings (SSSR count). The summed E-state index contributed by atoms with van der Waals surface area (Å²) in [6.45, 7) is 0. The smallest absolute Gasteiger partial charge is 0.419 e. The van der Waals surface area contributed by atoms with E-state index < -0.39 is 23.3 Å². The maximum absolute atomic E-state index is 12.5. The van der Waals surface area contributed by atoms with Gasteiger partial charge in [-0.1, -0.05) is 0 Å². The van der Waals surface area contributed by atoms with Gasteiger partial charge in [0, 0.05) is 6.07 Å². The van der Waals surface area contributed by atoms with E-state index in [1.807, 2.05) is 0 Å². The standard InChI is InChI=1S/C7H4F4O/c8-6-3-4(12)1-2-5(6)7(9,10)11/h1-3,12H. The van der Waals surface area contributed by atoms with Gasteiger partial charge in [-0.05, 0) is 12.1 Å². The molecule has 1 nitrogen and oxygen atoms in total. The molecule has 0 amide bonds. The number of rotatable bonds is 0. The second-order valence-electron chi connectivity index (χ2n) is 2.16. The van der Waals surface area contributed by atoms with Crippen molar-refractivity contribution < 1.29 is 22.7 Å². The monoisotopic (exact) mass is 180 g/mol. The lowest BCUT2D eigenvalue weighted by Gasteiger charge is -2.06. The van der Waals surface area contributed by atoms with Crippen LogP contribution in [0, 0.1) is 5.82 Å². The van der Waals surface area contributed by atoms with E-state index in [0.29, 0.717) is 12.1 Å². The number of halogens is 4. The molecule has 66 valence electrons. The Labute approximate surface area is 65.3 Å². The number of hydrogen-bond acceptors (Lipinski definition) is 1. The van der Waals surface area contributed by atoms with Crippen LogP contribution >= 0.6 is 0 Å². The van der Waals surface area contributed by atoms with Crippen LogP contribution in [0.5, 0.6) is 5.75 Å². The average molecular weight is 180 g/mol. The van der Waals surface area contributed by atoms with E-state index in [2.05, 4.69) is 0 Å². The fourth-order valence-corrected chi connectivity index (χ4v) is 0.734. The molecule has 5 heteroatoms. The van der Waals surface area contributed by atoms with Gasteiger partial charge in [0.1, 0.15) is 11.6 Å². The molecule has 0 saturated carbocycles.